The number of hydrogen-bond acceptors (Lipinski definition) is 4. The van der Waals surface area contributed by atoms with Gasteiger partial charge in [0, 0.05) is 18.2 Å². The van der Waals surface area contributed by atoms with Crippen LogP contribution in [0.5, 0.6) is 0 Å². The fourth-order valence-electron chi connectivity index (χ4n) is 1.27. The summed E-state index contributed by atoms with van der Waals surface area (Å²) in [4.78, 5) is 14.0. The highest BCUT2D eigenvalue weighted by atomic mass is 16.6. The topological polar surface area (TPSA) is 76.3 Å². The molecule has 0 saturated carbocycles. The molecule has 1 N–H and O–H groups in total. The number of rotatable bonds is 4. The van der Waals surface area contributed by atoms with Crippen molar-refractivity contribution in [1.82, 2.24) is 4.98 Å². The Kier molecular flexibility index (Phi) is 3.74. The third kappa shape index (κ3) is 2.99. The molecular weight excluding hydrogens is 196 g/mol. The lowest BCUT2D eigenvalue weighted by Crippen LogP contribution is -2.11. The van der Waals surface area contributed by atoms with Gasteiger partial charge in [-0.3, -0.25) is 15.1 Å². The summed E-state index contributed by atoms with van der Waals surface area (Å²) in [6, 6.07) is 1.48. The van der Waals surface area contributed by atoms with Gasteiger partial charge in [0.2, 0.25) is 0 Å². The molecular formula is C10H14N2O3. The van der Waals surface area contributed by atoms with Crippen molar-refractivity contribution in [2.45, 2.75) is 32.8 Å². The number of hydrogen-bond donors (Lipinski definition) is 1. The summed E-state index contributed by atoms with van der Waals surface area (Å²) in [5.74, 6) is 0. The van der Waals surface area contributed by atoms with Crippen LogP contribution in [0, 0.1) is 17.0 Å². The van der Waals surface area contributed by atoms with Gasteiger partial charge in [-0.25, -0.2) is 0 Å². The quantitative estimate of drug-likeness (QED) is 0.605. The highest BCUT2D eigenvalue weighted by Crippen LogP contribution is 2.15. The van der Waals surface area contributed by atoms with Gasteiger partial charge in [-0.2, -0.15) is 0 Å². The zero-order valence-corrected chi connectivity index (χ0v) is 8.80. The number of pyridine rings is 1. The van der Waals surface area contributed by atoms with Crippen molar-refractivity contribution in [1.29, 1.82) is 0 Å². The number of nitrogens with zero attached hydrogens (tertiary/aromatic N) is 2. The van der Waals surface area contributed by atoms with E-state index in [0.717, 1.165) is 11.3 Å². The predicted molar refractivity (Wildman–Crippen MR) is 55.6 cm³/mol. The van der Waals surface area contributed by atoms with Crippen LogP contribution in [0.3, 0.4) is 0 Å². The second-order valence-corrected chi connectivity index (χ2v) is 3.48. The van der Waals surface area contributed by atoms with E-state index in [2.05, 4.69) is 4.98 Å². The first-order valence-corrected chi connectivity index (χ1v) is 4.82. The van der Waals surface area contributed by atoms with E-state index in [1.54, 1.807) is 6.92 Å². The first-order valence-electron chi connectivity index (χ1n) is 4.82. The van der Waals surface area contributed by atoms with Crippen LogP contribution in [0.2, 0.25) is 0 Å². The second kappa shape index (κ2) is 4.84. The largest absolute Gasteiger partial charge is 0.393 e. The van der Waals surface area contributed by atoms with Crippen molar-refractivity contribution in [2.75, 3.05) is 0 Å². The lowest BCUT2D eigenvalue weighted by Gasteiger charge is -2.08. The fraction of sp³-hybridized carbons (Fsp3) is 0.500. The maximum absolute atomic E-state index is 10.5. The Labute approximate surface area is 87.9 Å². The van der Waals surface area contributed by atoms with Crippen molar-refractivity contribution in [3.8, 4) is 0 Å². The molecule has 1 atom stereocenters. The van der Waals surface area contributed by atoms with E-state index in [1.165, 1.54) is 12.3 Å². The molecule has 1 aromatic heterocycles. The van der Waals surface area contributed by atoms with Gasteiger partial charge in [-0.1, -0.05) is 6.92 Å². The zero-order chi connectivity index (χ0) is 11.4. The smallest absolute Gasteiger partial charge is 0.287 e. The van der Waals surface area contributed by atoms with E-state index in [-0.39, 0.29) is 5.69 Å². The van der Waals surface area contributed by atoms with Gasteiger partial charge < -0.3 is 5.11 Å². The molecule has 0 spiro atoms. The minimum Gasteiger partial charge on any atom is -0.393 e. The Bertz CT molecular complexity index is 366. The van der Waals surface area contributed by atoms with Crippen LogP contribution in [0.1, 0.15) is 24.6 Å². The molecule has 0 bridgehead atoms. The van der Waals surface area contributed by atoms with Crippen molar-refractivity contribution in [3.05, 3.63) is 33.6 Å². The van der Waals surface area contributed by atoms with E-state index in [9.17, 15) is 15.2 Å². The van der Waals surface area contributed by atoms with Crippen molar-refractivity contribution in [2.24, 2.45) is 0 Å². The summed E-state index contributed by atoms with van der Waals surface area (Å²) in [6.07, 6.45) is 1.89. The maximum atomic E-state index is 10.5. The number of nitro groups is 1. The molecule has 15 heavy (non-hydrogen) atoms. The Morgan fingerprint density at radius 2 is 2.33 bits per heavy atom. The van der Waals surface area contributed by atoms with E-state index in [1.807, 2.05) is 6.92 Å². The van der Waals surface area contributed by atoms with Crippen LogP contribution >= 0.6 is 0 Å². The predicted octanol–water partition coefficient (Wildman–Crippen LogP) is 1.61. The van der Waals surface area contributed by atoms with Crippen LogP contribution < -0.4 is 0 Å². The first kappa shape index (κ1) is 11.6. The molecule has 0 radical (unpaired) electrons. The van der Waals surface area contributed by atoms with Gasteiger partial charge in [0.05, 0.1) is 11.0 Å². The molecule has 1 unspecified atom stereocenters. The Morgan fingerprint density at radius 1 is 1.67 bits per heavy atom. The molecule has 5 nitrogen and oxygen atoms in total. The highest BCUT2D eigenvalue weighted by molar-refractivity contribution is 5.33. The fourth-order valence-corrected chi connectivity index (χ4v) is 1.27. The second-order valence-electron chi connectivity index (χ2n) is 3.48. The minimum absolute atomic E-state index is 0.0118. The normalized spacial score (nSPS) is 12.5. The summed E-state index contributed by atoms with van der Waals surface area (Å²) in [6.45, 7) is 3.64. The lowest BCUT2D eigenvalue weighted by molar-refractivity contribution is -0.385. The van der Waals surface area contributed by atoms with Crippen LogP contribution in [0.25, 0.3) is 0 Å². The number of aromatic nitrogens is 1. The standard InChI is InChI=1S/C10H14N2O3/c1-3-9(13)5-10-7(2)4-8(6-11-10)12(14)15/h4,6,9,13H,3,5H2,1-2H3. The molecule has 1 heterocycles. The average Bonchev–Trinajstić information content (AvgIpc) is 2.20. The van der Waals surface area contributed by atoms with E-state index in [0.29, 0.717) is 12.8 Å². The minimum atomic E-state index is -0.472. The summed E-state index contributed by atoms with van der Waals surface area (Å²) in [7, 11) is 0. The maximum Gasteiger partial charge on any atom is 0.287 e. The summed E-state index contributed by atoms with van der Waals surface area (Å²) in [5.41, 5.74) is 1.45. The van der Waals surface area contributed by atoms with E-state index >= 15 is 0 Å². The van der Waals surface area contributed by atoms with Gasteiger partial charge >= 0.3 is 0 Å². The summed E-state index contributed by atoms with van der Waals surface area (Å²) < 4.78 is 0. The van der Waals surface area contributed by atoms with Gasteiger partial charge in [0.1, 0.15) is 6.20 Å². The summed E-state index contributed by atoms with van der Waals surface area (Å²) >= 11 is 0. The molecule has 0 aliphatic carbocycles. The lowest BCUT2D eigenvalue weighted by atomic mass is 10.1. The zero-order valence-electron chi connectivity index (χ0n) is 8.80. The van der Waals surface area contributed by atoms with E-state index < -0.39 is 11.0 Å². The molecule has 1 rings (SSSR count). The number of aliphatic hydroxyl groups is 1. The molecule has 0 fully saturated rings. The third-order valence-corrected chi connectivity index (χ3v) is 2.28. The Morgan fingerprint density at radius 3 is 2.80 bits per heavy atom. The molecule has 0 saturated heterocycles. The van der Waals surface area contributed by atoms with Crippen LogP contribution in [-0.4, -0.2) is 21.1 Å². The van der Waals surface area contributed by atoms with Gasteiger partial charge in [-0.05, 0) is 18.9 Å². The van der Waals surface area contributed by atoms with Gasteiger partial charge in [0.15, 0.2) is 0 Å². The van der Waals surface area contributed by atoms with Crippen LogP contribution in [0.4, 0.5) is 5.69 Å². The average molecular weight is 210 g/mol. The van der Waals surface area contributed by atoms with Crippen LogP contribution in [0.15, 0.2) is 12.3 Å². The first-order chi connectivity index (χ1) is 7.04. The molecule has 0 aromatic carbocycles. The molecule has 0 aliphatic heterocycles. The Hall–Kier alpha value is -1.49. The molecule has 1 aromatic rings. The molecule has 0 amide bonds. The van der Waals surface area contributed by atoms with E-state index in [4.69, 9.17) is 0 Å². The van der Waals surface area contributed by atoms with Crippen LogP contribution in [-0.2, 0) is 6.42 Å². The van der Waals surface area contributed by atoms with Crippen molar-refractivity contribution < 1.29 is 10.0 Å². The molecule has 5 heteroatoms. The number of aryl methyl sites for hydroxylation is 1. The third-order valence-electron chi connectivity index (χ3n) is 2.28. The monoisotopic (exact) mass is 210 g/mol. The summed E-state index contributed by atoms with van der Waals surface area (Å²) in [5, 5.41) is 19.9. The highest BCUT2D eigenvalue weighted by Gasteiger charge is 2.11. The SMILES string of the molecule is CCC(O)Cc1ncc([N+](=O)[O-])cc1C. The van der Waals surface area contributed by atoms with Crippen molar-refractivity contribution >= 4 is 5.69 Å². The van der Waals surface area contributed by atoms with Crippen molar-refractivity contribution in [3.63, 3.8) is 0 Å². The molecule has 0 aliphatic rings. The Balaban J connectivity index is 2.88. The number of aliphatic hydroxyl groups excluding tert-OH is 1. The molecule has 82 valence electrons. The van der Waals surface area contributed by atoms with Gasteiger partial charge in [0.25, 0.3) is 5.69 Å². The van der Waals surface area contributed by atoms with Gasteiger partial charge in [-0.15, -0.1) is 0 Å².